The number of aryl methyl sites for hydroxylation is 1. The Morgan fingerprint density at radius 3 is 2.54 bits per heavy atom. The average molecular weight is 659 g/mol. The van der Waals surface area contributed by atoms with E-state index < -0.39 is 23.5 Å². The van der Waals surface area contributed by atoms with Crippen LogP contribution in [0.15, 0.2) is 48.8 Å². The van der Waals surface area contributed by atoms with Crippen molar-refractivity contribution in [2.45, 2.75) is 70.3 Å². The smallest absolute Gasteiger partial charge is 0.369 e. The molecule has 0 radical (unpaired) electrons. The number of amides is 1. The molecule has 9 nitrogen and oxygen atoms in total. The Morgan fingerprint density at radius 2 is 1.85 bits per heavy atom. The molecule has 0 atom stereocenters. The molecule has 7 rings (SSSR count). The number of anilines is 2. The van der Waals surface area contributed by atoms with Crippen LogP contribution in [0.4, 0.5) is 29.2 Å². The van der Waals surface area contributed by atoms with Gasteiger partial charge in [0.05, 0.1) is 18.2 Å². The number of aromatic nitrogens is 4. The fourth-order valence-corrected chi connectivity index (χ4v) is 6.72. The van der Waals surface area contributed by atoms with Crippen LogP contribution in [0.2, 0.25) is 0 Å². The highest BCUT2D eigenvalue weighted by Crippen LogP contribution is 2.48. The van der Waals surface area contributed by atoms with Crippen LogP contribution in [0.5, 0.6) is 0 Å². The van der Waals surface area contributed by atoms with E-state index in [2.05, 4.69) is 26.9 Å². The zero-order valence-electron chi connectivity index (χ0n) is 26.4. The zero-order valence-corrected chi connectivity index (χ0v) is 26.4. The highest BCUT2D eigenvalue weighted by molar-refractivity contribution is 6.10. The van der Waals surface area contributed by atoms with E-state index in [0.29, 0.717) is 53.9 Å². The second-order valence-corrected chi connectivity index (χ2v) is 13.2. The molecule has 3 heterocycles. The molecular formula is C35H34F4N8O. The number of pyridine rings is 1. The van der Waals surface area contributed by atoms with Crippen LogP contribution in [0.25, 0.3) is 22.5 Å². The van der Waals surface area contributed by atoms with Crippen molar-refractivity contribution in [1.29, 1.82) is 5.26 Å². The largest absolute Gasteiger partial charge is 0.416 e. The van der Waals surface area contributed by atoms with Gasteiger partial charge in [-0.25, -0.2) is 9.37 Å². The number of rotatable bonds is 10. The molecule has 2 aliphatic carbocycles. The van der Waals surface area contributed by atoms with Crippen LogP contribution in [0.1, 0.15) is 72.0 Å². The molecule has 13 heteroatoms. The second-order valence-electron chi connectivity index (χ2n) is 13.2. The van der Waals surface area contributed by atoms with Crippen LogP contribution in [0.3, 0.4) is 0 Å². The van der Waals surface area contributed by atoms with Gasteiger partial charge in [0.2, 0.25) is 0 Å². The molecule has 1 aliphatic heterocycles. The van der Waals surface area contributed by atoms with Crippen molar-refractivity contribution in [2.24, 2.45) is 12.5 Å². The summed E-state index contributed by atoms with van der Waals surface area (Å²) in [6.07, 6.45) is 3.38. The lowest BCUT2D eigenvalue weighted by Gasteiger charge is -2.20. The molecule has 0 spiro atoms. The van der Waals surface area contributed by atoms with Gasteiger partial charge in [0.25, 0.3) is 5.91 Å². The van der Waals surface area contributed by atoms with Gasteiger partial charge in [-0.3, -0.25) is 9.69 Å². The quantitative estimate of drug-likeness (QED) is 0.177. The highest BCUT2D eigenvalue weighted by atomic mass is 19.4. The molecule has 3 aliphatic rings. The molecule has 2 fully saturated rings. The standard InChI is InChI=1S/C35H34F4N8O/c1-46-20-43-45-32(46)25-7-6-23(35(37,38)39)16-26(25)22-14-30(42-19-34(8-9-34)10-11-40)44-31(15-22)47-18-28-27(33(47)48)12-21(13-29(28)36)17-41-24-4-2-3-5-24/h6-7,12-16,20,24,41H,2-5,8-10,17-19H2,1H3,(H,42,44). The molecule has 1 amide bonds. The van der Waals surface area contributed by atoms with Gasteiger partial charge in [-0.15, -0.1) is 10.2 Å². The Kier molecular flexibility index (Phi) is 8.15. The summed E-state index contributed by atoms with van der Waals surface area (Å²) >= 11 is 0. The molecule has 2 N–H and O–H groups in total. The molecule has 0 bridgehead atoms. The van der Waals surface area contributed by atoms with Crippen molar-refractivity contribution >= 4 is 17.5 Å². The number of fused-ring (bicyclic) bond motifs is 1. The first-order chi connectivity index (χ1) is 23.0. The Hall–Kier alpha value is -4.83. The van der Waals surface area contributed by atoms with Crippen LogP contribution in [-0.4, -0.2) is 38.2 Å². The summed E-state index contributed by atoms with van der Waals surface area (Å²) in [4.78, 5) is 20.0. The fourth-order valence-electron chi connectivity index (χ4n) is 6.72. The van der Waals surface area contributed by atoms with Gasteiger partial charge in [0.15, 0.2) is 5.82 Å². The van der Waals surface area contributed by atoms with E-state index in [1.807, 2.05) is 0 Å². The van der Waals surface area contributed by atoms with Gasteiger partial charge >= 0.3 is 6.18 Å². The minimum atomic E-state index is -4.62. The third kappa shape index (κ3) is 6.24. The number of carbonyl (C=O) groups excluding carboxylic acids is 1. The van der Waals surface area contributed by atoms with Gasteiger partial charge < -0.3 is 15.2 Å². The van der Waals surface area contributed by atoms with Crippen molar-refractivity contribution in [3.63, 3.8) is 0 Å². The molecule has 2 aromatic carbocycles. The molecule has 0 unspecified atom stereocenters. The Morgan fingerprint density at radius 1 is 1.06 bits per heavy atom. The highest BCUT2D eigenvalue weighted by Gasteiger charge is 2.42. The number of nitrogens with zero attached hydrogens (tertiary/aromatic N) is 6. The van der Waals surface area contributed by atoms with Crippen molar-refractivity contribution < 1.29 is 22.4 Å². The normalized spacial score (nSPS) is 17.1. The zero-order chi connectivity index (χ0) is 33.6. The molecule has 248 valence electrons. The SMILES string of the molecule is Cn1cnnc1-c1ccc(C(F)(F)F)cc1-c1cc(NCC2(CC#N)CC2)nc(N2Cc3c(F)cc(CNC4CCCC4)cc3C2=O)c1. The number of halogens is 4. The summed E-state index contributed by atoms with van der Waals surface area (Å²) in [7, 11) is 1.69. The van der Waals surface area contributed by atoms with Crippen LogP contribution < -0.4 is 15.5 Å². The molecule has 2 saturated carbocycles. The summed E-state index contributed by atoms with van der Waals surface area (Å²) in [5.74, 6) is -0.104. The monoisotopic (exact) mass is 658 g/mol. The maximum Gasteiger partial charge on any atom is 0.416 e. The first kappa shape index (κ1) is 31.8. The van der Waals surface area contributed by atoms with Gasteiger partial charge in [0.1, 0.15) is 23.8 Å². The lowest BCUT2D eigenvalue weighted by atomic mass is 9.96. The van der Waals surface area contributed by atoms with Gasteiger partial charge in [-0.05, 0) is 84.8 Å². The molecular weight excluding hydrogens is 624 g/mol. The number of nitriles is 1. The molecule has 2 aromatic heterocycles. The number of hydrogen-bond donors (Lipinski definition) is 2. The van der Waals surface area contributed by atoms with E-state index in [-0.39, 0.29) is 34.5 Å². The summed E-state index contributed by atoms with van der Waals surface area (Å²) in [6.45, 7) is 0.785. The third-order valence-corrected chi connectivity index (χ3v) is 9.75. The van der Waals surface area contributed by atoms with E-state index in [1.165, 1.54) is 23.4 Å². The Labute approximate surface area is 275 Å². The Bertz CT molecular complexity index is 1920. The predicted molar refractivity (Wildman–Crippen MR) is 171 cm³/mol. The van der Waals surface area contributed by atoms with Crippen LogP contribution in [0, 0.1) is 22.6 Å². The van der Waals surface area contributed by atoms with E-state index in [9.17, 15) is 23.2 Å². The molecule has 4 aromatic rings. The first-order valence-corrected chi connectivity index (χ1v) is 16.1. The second kappa shape index (κ2) is 12.3. The number of carbonyl (C=O) groups is 1. The van der Waals surface area contributed by atoms with Crippen molar-refractivity contribution in [2.75, 3.05) is 16.8 Å². The van der Waals surface area contributed by atoms with E-state index in [0.717, 1.165) is 50.7 Å². The number of nitrogens with one attached hydrogen (secondary N) is 2. The van der Waals surface area contributed by atoms with Crippen molar-refractivity contribution in [3.05, 3.63) is 76.9 Å². The summed E-state index contributed by atoms with van der Waals surface area (Å²) in [5.41, 5.74) is 1.05. The van der Waals surface area contributed by atoms with Crippen molar-refractivity contribution in [1.82, 2.24) is 25.1 Å². The van der Waals surface area contributed by atoms with E-state index in [1.54, 1.807) is 29.8 Å². The fraction of sp³-hybridized carbons (Fsp3) is 0.400. The molecule has 0 saturated heterocycles. The van der Waals surface area contributed by atoms with E-state index >= 15 is 4.39 Å². The predicted octanol–water partition coefficient (Wildman–Crippen LogP) is 7.00. The van der Waals surface area contributed by atoms with Gasteiger partial charge in [0, 0.05) is 54.7 Å². The summed E-state index contributed by atoms with van der Waals surface area (Å²) in [6, 6.07) is 12.3. The summed E-state index contributed by atoms with van der Waals surface area (Å²) in [5, 5.41) is 24.1. The average Bonchev–Trinajstić information content (AvgIpc) is 3.36. The lowest BCUT2D eigenvalue weighted by molar-refractivity contribution is -0.137. The first-order valence-electron chi connectivity index (χ1n) is 16.1. The number of hydrogen-bond acceptors (Lipinski definition) is 7. The maximum absolute atomic E-state index is 15.5. The van der Waals surface area contributed by atoms with Crippen molar-refractivity contribution in [3.8, 4) is 28.6 Å². The Balaban J connectivity index is 1.29. The van der Waals surface area contributed by atoms with Crippen LogP contribution in [-0.2, 0) is 26.3 Å². The maximum atomic E-state index is 15.5. The van der Waals surface area contributed by atoms with Crippen LogP contribution >= 0.6 is 0 Å². The topological polar surface area (TPSA) is 112 Å². The molecule has 48 heavy (non-hydrogen) atoms. The minimum absolute atomic E-state index is 0.0800. The lowest BCUT2D eigenvalue weighted by Crippen LogP contribution is -2.26. The summed E-state index contributed by atoms with van der Waals surface area (Å²) < 4.78 is 59.1. The van der Waals surface area contributed by atoms with Gasteiger partial charge in [-0.2, -0.15) is 18.4 Å². The number of benzene rings is 2. The van der Waals surface area contributed by atoms with Gasteiger partial charge in [-0.1, -0.05) is 12.8 Å². The third-order valence-electron chi connectivity index (χ3n) is 9.75. The minimum Gasteiger partial charge on any atom is -0.369 e. The van der Waals surface area contributed by atoms with E-state index in [4.69, 9.17) is 4.98 Å². The number of alkyl halides is 3.